The molecule has 28 heavy (non-hydrogen) atoms. The fourth-order valence-electron chi connectivity index (χ4n) is 3.49. The number of piperidine rings is 1. The molecule has 0 amide bonds. The van der Waals surface area contributed by atoms with Crippen molar-refractivity contribution in [1.29, 1.82) is 0 Å². The molecule has 2 aromatic carbocycles. The highest BCUT2D eigenvalue weighted by Crippen LogP contribution is 2.27. The molecule has 6 nitrogen and oxygen atoms in total. The Hall–Kier alpha value is -2.77. The summed E-state index contributed by atoms with van der Waals surface area (Å²) in [6.07, 6.45) is 4.87. The van der Waals surface area contributed by atoms with Crippen LogP contribution in [0.5, 0.6) is 0 Å². The van der Waals surface area contributed by atoms with Crippen LogP contribution in [0.2, 0.25) is 0 Å². The second-order valence-electron chi connectivity index (χ2n) is 6.79. The number of benzene rings is 2. The van der Waals surface area contributed by atoms with Crippen LogP contribution in [0.1, 0.15) is 12.8 Å². The highest BCUT2D eigenvalue weighted by atomic mass is 32.2. The first kappa shape index (κ1) is 18.6. The van der Waals surface area contributed by atoms with Crippen LogP contribution >= 0.6 is 0 Å². The summed E-state index contributed by atoms with van der Waals surface area (Å²) in [6.45, 7) is 1.44. The van der Waals surface area contributed by atoms with Gasteiger partial charge in [-0.2, -0.15) is 0 Å². The first-order valence-corrected chi connectivity index (χ1v) is 10.8. The standard InChI is InChI=1S/C21H22N4O2S/c26-28(27,20-10-5-4-9-19(20)17-7-2-1-3-8-17)24-18-11-15-25(16-12-18)21-22-13-6-14-23-21/h1-10,13-14,18,24H,11-12,15-16H2. The summed E-state index contributed by atoms with van der Waals surface area (Å²) in [5.41, 5.74) is 1.60. The molecule has 0 aliphatic carbocycles. The summed E-state index contributed by atoms with van der Waals surface area (Å²) in [5.74, 6) is 0.693. The molecule has 1 N–H and O–H groups in total. The van der Waals surface area contributed by atoms with Crippen LogP contribution in [0.4, 0.5) is 5.95 Å². The minimum Gasteiger partial charge on any atom is -0.341 e. The van der Waals surface area contributed by atoms with E-state index in [-0.39, 0.29) is 6.04 Å². The molecule has 4 rings (SSSR count). The van der Waals surface area contributed by atoms with Gasteiger partial charge in [-0.1, -0.05) is 48.5 Å². The SMILES string of the molecule is O=S(=O)(NC1CCN(c2ncccn2)CC1)c1ccccc1-c1ccccc1. The average Bonchev–Trinajstić information content (AvgIpc) is 2.75. The first-order valence-electron chi connectivity index (χ1n) is 9.32. The lowest BCUT2D eigenvalue weighted by atomic mass is 10.1. The maximum absolute atomic E-state index is 13.1. The van der Waals surface area contributed by atoms with Gasteiger partial charge in [0.2, 0.25) is 16.0 Å². The fourth-order valence-corrected chi connectivity index (χ4v) is 5.03. The van der Waals surface area contributed by atoms with Gasteiger partial charge < -0.3 is 4.90 Å². The highest BCUT2D eigenvalue weighted by Gasteiger charge is 2.27. The third-order valence-corrected chi connectivity index (χ3v) is 6.49. The van der Waals surface area contributed by atoms with E-state index in [0.717, 1.165) is 18.7 Å². The van der Waals surface area contributed by atoms with E-state index < -0.39 is 10.0 Å². The van der Waals surface area contributed by atoms with Crippen molar-refractivity contribution < 1.29 is 8.42 Å². The van der Waals surface area contributed by atoms with Gasteiger partial charge in [-0.15, -0.1) is 0 Å². The third-order valence-electron chi connectivity index (χ3n) is 4.91. The zero-order valence-corrected chi connectivity index (χ0v) is 16.2. The van der Waals surface area contributed by atoms with Gasteiger partial charge in [-0.3, -0.25) is 0 Å². The third kappa shape index (κ3) is 4.05. The Morgan fingerprint density at radius 1 is 0.857 bits per heavy atom. The second kappa shape index (κ2) is 8.08. The van der Waals surface area contributed by atoms with Gasteiger partial charge in [-0.05, 0) is 30.5 Å². The van der Waals surface area contributed by atoms with Crippen molar-refractivity contribution in [3.05, 3.63) is 73.1 Å². The van der Waals surface area contributed by atoms with Crippen molar-refractivity contribution in [3.63, 3.8) is 0 Å². The molecule has 1 fully saturated rings. The molecular formula is C21H22N4O2S. The Morgan fingerprint density at radius 2 is 1.50 bits per heavy atom. The number of aromatic nitrogens is 2. The molecule has 7 heteroatoms. The Balaban J connectivity index is 1.49. The molecule has 3 aromatic rings. The molecule has 0 radical (unpaired) electrons. The van der Waals surface area contributed by atoms with E-state index in [2.05, 4.69) is 19.6 Å². The number of rotatable bonds is 5. The van der Waals surface area contributed by atoms with E-state index in [1.165, 1.54) is 0 Å². The smallest absolute Gasteiger partial charge is 0.241 e. The van der Waals surface area contributed by atoms with E-state index in [0.29, 0.717) is 29.2 Å². The number of hydrogen-bond donors (Lipinski definition) is 1. The van der Waals surface area contributed by atoms with Gasteiger partial charge in [0.1, 0.15) is 0 Å². The van der Waals surface area contributed by atoms with Crippen LogP contribution in [-0.4, -0.2) is 37.5 Å². The van der Waals surface area contributed by atoms with Crippen molar-refractivity contribution in [1.82, 2.24) is 14.7 Å². The quantitative estimate of drug-likeness (QED) is 0.720. The fraction of sp³-hybridized carbons (Fsp3) is 0.238. The average molecular weight is 395 g/mol. The van der Waals surface area contributed by atoms with Crippen molar-refractivity contribution in [2.45, 2.75) is 23.8 Å². The topological polar surface area (TPSA) is 75.2 Å². The Morgan fingerprint density at radius 3 is 2.21 bits per heavy atom. The van der Waals surface area contributed by atoms with Gasteiger partial charge >= 0.3 is 0 Å². The summed E-state index contributed by atoms with van der Waals surface area (Å²) in [7, 11) is -3.62. The highest BCUT2D eigenvalue weighted by molar-refractivity contribution is 7.89. The summed E-state index contributed by atoms with van der Waals surface area (Å²) >= 11 is 0. The van der Waals surface area contributed by atoms with Crippen molar-refractivity contribution in [3.8, 4) is 11.1 Å². The molecule has 0 spiro atoms. The molecule has 0 bridgehead atoms. The van der Waals surface area contributed by atoms with E-state index in [1.807, 2.05) is 42.5 Å². The number of hydrogen-bond acceptors (Lipinski definition) is 5. The summed E-state index contributed by atoms with van der Waals surface area (Å²) < 4.78 is 29.1. The summed E-state index contributed by atoms with van der Waals surface area (Å²) in [6, 6.07) is 18.4. The van der Waals surface area contributed by atoms with Crippen LogP contribution in [0.3, 0.4) is 0 Å². The van der Waals surface area contributed by atoms with Crippen LogP contribution < -0.4 is 9.62 Å². The predicted molar refractivity (Wildman–Crippen MR) is 109 cm³/mol. The summed E-state index contributed by atoms with van der Waals surface area (Å²) in [5, 5.41) is 0. The number of sulfonamides is 1. The molecule has 1 aromatic heterocycles. The molecular weight excluding hydrogens is 372 g/mol. The van der Waals surface area contributed by atoms with Crippen LogP contribution in [0.15, 0.2) is 78.0 Å². The Bertz CT molecular complexity index is 1020. The van der Waals surface area contributed by atoms with Crippen LogP contribution in [0, 0.1) is 0 Å². The molecule has 1 aliphatic heterocycles. The maximum atomic E-state index is 13.1. The second-order valence-corrected chi connectivity index (χ2v) is 8.48. The van der Waals surface area contributed by atoms with Gasteiger partial charge in [0.05, 0.1) is 4.90 Å². The lowest BCUT2D eigenvalue weighted by Crippen LogP contribution is -2.45. The molecule has 0 atom stereocenters. The molecule has 0 unspecified atom stereocenters. The Kier molecular flexibility index (Phi) is 5.36. The van der Waals surface area contributed by atoms with E-state index in [4.69, 9.17) is 0 Å². The monoisotopic (exact) mass is 394 g/mol. The minimum atomic E-state index is -3.62. The zero-order chi connectivity index (χ0) is 19.4. The maximum Gasteiger partial charge on any atom is 0.241 e. The van der Waals surface area contributed by atoms with Gasteiger partial charge in [-0.25, -0.2) is 23.1 Å². The molecule has 2 heterocycles. The van der Waals surface area contributed by atoms with Gasteiger partial charge in [0.15, 0.2) is 0 Å². The predicted octanol–water partition coefficient (Wildman–Crippen LogP) is 3.09. The van der Waals surface area contributed by atoms with Crippen molar-refractivity contribution in [2.75, 3.05) is 18.0 Å². The minimum absolute atomic E-state index is 0.103. The normalized spacial score (nSPS) is 15.5. The number of anilines is 1. The largest absolute Gasteiger partial charge is 0.341 e. The zero-order valence-electron chi connectivity index (χ0n) is 15.4. The van der Waals surface area contributed by atoms with E-state index >= 15 is 0 Å². The molecule has 1 saturated heterocycles. The lowest BCUT2D eigenvalue weighted by Gasteiger charge is -2.32. The lowest BCUT2D eigenvalue weighted by molar-refractivity contribution is 0.456. The van der Waals surface area contributed by atoms with Crippen molar-refractivity contribution >= 4 is 16.0 Å². The van der Waals surface area contributed by atoms with Gasteiger partial charge in [0.25, 0.3) is 0 Å². The first-order chi connectivity index (χ1) is 13.6. The molecule has 1 aliphatic rings. The van der Waals surface area contributed by atoms with E-state index in [9.17, 15) is 8.42 Å². The van der Waals surface area contributed by atoms with E-state index in [1.54, 1.807) is 30.6 Å². The van der Waals surface area contributed by atoms with Crippen LogP contribution in [-0.2, 0) is 10.0 Å². The molecule has 0 saturated carbocycles. The Labute approximate surface area is 165 Å². The van der Waals surface area contributed by atoms with Crippen molar-refractivity contribution in [2.24, 2.45) is 0 Å². The van der Waals surface area contributed by atoms with Crippen LogP contribution in [0.25, 0.3) is 11.1 Å². The van der Waals surface area contributed by atoms with Gasteiger partial charge in [0, 0.05) is 37.1 Å². The molecule has 144 valence electrons. The number of nitrogens with one attached hydrogen (secondary N) is 1. The summed E-state index contributed by atoms with van der Waals surface area (Å²) in [4.78, 5) is 10.9. The number of nitrogens with zero attached hydrogens (tertiary/aromatic N) is 3.